The van der Waals surface area contributed by atoms with Crippen LogP contribution in [0.15, 0.2) is 48.6 Å². The Morgan fingerprint density at radius 1 is 0.425 bits per heavy atom. The fraction of sp³-hybridized carbons (Fsp3) is 0.841. The van der Waals surface area contributed by atoms with Crippen molar-refractivity contribution in [3.8, 4) is 0 Å². The predicted octanol–water partition coefficient (Wildman–Crippen LogP) is 19.7. The van der Waals surface area contributed by atoms with Gasteiger partial charge in [-0.15, -0.1) is 0 Å². The Bertz CT molecular complexity index is 1330. The monoisotopic (exact) mass is 1050 g/mol. The number of unbranched alkanes of at least 4 members (excludes halogenated alkanes) is 38. The number of hydrogen-bond donors (Lipinski definition) is 2. The molecule has 0 aliphatic rings. The summed E-state index contributed by atoms with van der Waals surface area (Å²) in [5, 5.41) is 0. The molecule has 0 aliphatic carbocycles. The molecule has 0 radical (unpaired) electrons. The minimum Gasteiger partial charge on any atom is -0.462 e. The Kier molecular flexibility index (Phi) is 57.6. The van der Waals surface area contributed by atoms with E-state index < -0.39 is 26.5 Å². The molecule has 0 aromatic rings. The summed E-state index contributed by atoms with van der Waals surface area (Å²) in [5.74, 6) is -0.810. The second-order valence-electron chi connectivity index (χ2n) is 20.9. The molecule has 0 saturated carbocycles. The lowest BCUT2D eigenvalue weighted by Gasteiger charge is -2.19. The normalized spacial score (nSPS) is 13.3. The summed E-state index contributed by atoms with van der Waals surface area (Å²) in [6, 6.07) is 0. The van der Waals surface area contributed by atoms with Crippen LogP contribution in [0.25, 0.3) is 0 Å². The third-order valence-electron chi connectivity index (χ3n) is 13.7. The van der Waals surface area contributed by atoms with Crippen LogP contribution in [0.3, 0.4) is 0 Å². The van der Waals surface area contributed by atoms with Crippen LogP contribution in [0.5, 0.6) is 0 Å². The molecule has 0 amide bonds. The van der Waals surface area contributed by atoms with Crippen LogP contribution < -0.4 is 5.73 Å². The highest BCUT2D eigenvalue weighted by molar-refractivity contribution is 7.47. The third kappa shape index (κ3) is 59.1. The highest BCUT2D eigenvalue weighted by atomic mass is 31.2. The molecule has 9 nitrogen and oxygen atoms in total. The zero-order valence-electron chi connectivity index (χ0n) is 47.9. The molecule has 2 unspecified atom stereocenters. The van der Waals surface area contributed by atoms with E-state index in [-0.39, 0.29) is 38.6 Å². The first kappa shape index (κ1) is 71.0. The highest BCUT2D eigenvalue weighted by Gasteiger charge is 2.26. The number of nitrogens with two attached hydrogens (primary N) is 1. The summed E-state index contributed by atoms with van der Waals surface area (Å²) in [6.07, 6.45) is 73.5. The first-order valence-electron chi connectivity index (χ1n) is 31.1. The number of ether oxygens (including phenoxy) is 2. The van der Waals surface area contributed by atoms with Crippen molar-refractivity contribution < 1.29 is 37.6 Å². The van der Waals surface area contributed by atoms with Gasteiger partial charge in [-0.3, -0.25) is 18.6 Å². The average molecular weight is 1050 g/mol. The Labute approximate surface area is 451 Å². The Balaban J connectivity index is 3.73. The van der Waals surface area contributed by atoms with Crippen molar-refractivity contribution in [1.29, 1.82) is 0 Å². The van der Waals surface area contributed by atoms with Crippen molar-refractivity contribution in [3.63, 3.8) is 0 Å². The Morgan fingerprint density at radius 2 is 0.753 bits per heavy atom. The third-order valence-corrected chi connectivity index (χ3v) is 14.7. The lowest BCUT2D eigenvalue weighted by atomic mass is 10.0. The zero-order chi connectivity index (χ0) is 53.1. The van der Waals surface area contributed by atoms with Crippen LogP contribution in [0, 0.1) is 0 Å². The van der Waals surface area contributed by atoms with Crippen molar-refractivity contribution in [2.24, 2.45) is 5.73 Å². The largest absolute Gasteiger partial charge is 0.472 e. The van der Waals surface area contributed by atoms with Crippen molar-refractivity contribution in [3.05, 3.63) is 48.6 Å². The van der Waals surface area contributed by atoms with Gasteiger partial charge in [0.15, 0.2) is 6.10 Å². The maximum atomic E-state index is 12.7. The van der Waals surface area contributed by atoms with Crippen molar-refractivity contribution in [2.75, 3.05) is 26.4 Å². The van der Waals surface area contributed by atoms with E-state index >= 15 is 0 Å². The number of rotatable bonds is 59. The summed E-state index contributed by atoms with van der Waals surface area (Å²) in [7, 11) is -4.38. The summed E-state index contributed by atoms with van der Waals surface area (Å²) in [4.78, 5) is 35.1. The van der Waals surface area contributed by atoms with Crippen LogP contribution in [0.4, 0.5) is 0 Å². The molecule has 0 aliphatic heterocycles. The number of phosphoric ester groups is 1. The van der Waals surface area contributed by atoms with Crippen LogP contribution in [0.1, 0.15) is 309 Å². The number of phosphoric acid groups is 1. The molecular formula is C63H118NO8P. The fourth-order valence-corrected chi connectivity index (χ4v) is 9.93. The average Bonchev–Trinajstić information content (AvgIpc) is 3.38. The van der Waals surface area contributed by atoms with Crippen LogP contribution >= 0.6 is 7.82 Å². The van der Waals surface area contributed by atoms with E-state index in [0.29, 0.717) is 6.42 Å². The van der Waals surface area contributed by atoms with Gasteiger partial charge in [-0.1, -0.05) is 294 Å². The van der Waals surface area contributed by atoms with E-state index in [9.17, 15) is 19.0 Å². The number of hydrogen-bond acceptors (Lipinski definition) is 8. The van der Waals surface area contributed by atoms with Crippen LogP contribution in [-0.2, 0) is 32.7 Å². The van der Waals surface area contributed by atoms with E-state index in [0.717, 1.165) is 57.8 Å². The van der Waals surface area contributed by atoms with Gasteiger partial charge in [0.25, 0.3) is 0 Å². The molecule has 0 heterocycles. The minimum atomic E-state index is -4.38. The number of allylic oxidation sites excluding steroid dienone is 8. The Morgan fingerprint density at radius 3 is 1.12 bits per heavy atom. The van der Waals surface area contributed by atoms with Crippen molar-refractivity contribution in [2.45, 2.75) is 315 Å². The first-order chi connectivity index (χ1) is 35.8. The van der Waals surface area contributed by atoms with E-state index in [1.807, 2.05) is 0 Å². The van der Waals surface area contributed by atoms with E-state index in [4.69, 9.17) is 24.3 Å². The molecule has 0 saturated heterocycles. The maximum absolute atomic E-state index is 12.7. The molecule has 0 rings (SSSR count). The first-order valence-corrected chi connectivity index (χ1v) is 32.6. The lowest BCUT2D eigenvalue weighted by Crippen LogP contribution is -2.29. The van der Waals surface area contributed by atoms with Gasteiger partial charge in [-0.05, 0) is 51.4 Å². The Hall–Kier alpha value is -2.03. The standard InChI is InChI=1S/C63H118NO8P/c1-3-5-7-9-11-13-15-17-18-19-20-21-22-23-24-25-26-27-28-29-30-31-32-33-34-35-36-37-38-39-40-41-42-44-46-48-50-52-54-56-63(66)72-61(60-71-73(67,68)70-58-57-64)59-69-62(65)55-53-51-49-47-45-43-16-14-12-10-8-6-4-2/h5,7,11,13,17-18,20-21,61H,3-4,6,8-10,12,14-16,19,22-60,64H2,1-2H3,(H,67,68)/b7-5-,13-11-,18-17-,21-20-. The summed E-state index contributed by atoms with van der Waals surface area (Å²) in [5.41, 5.74) is 5.38. The number of esters is 2. The minimum absolute atomic E-state index is 0.0563. The maximum Gasteiger partial charge on any atom is 0.472 e. The second kappa shape index (κ2) is 59.2. The van der Waals surface area contributed by atoms with Gasteiger partial charge in [0, 0.05) is 19.4 Å². The van der Waals surface area contributed by atoms with Gasteiger partial charge >= 0.3 is 19.8 Å². The van der Waals surface area contributed by atoms with Gasteiger partial charge in [-0.25, -0.2) is 4.57 Å². The summed E-state index contributed by atoms with van der Waals surface area (Å²) >= 11 is 0. The van der Waals surface area contributed by atoms with Gasteiger partial charge in [0.2, 0.25) is 0 Å². The summed E-state index contributed by atoms with van der Waals surface area (Å²) < 4.78 is 33.0. The summed E-state index contributed by atoms with van der Waals surface area (Å²) in [6.45, 7) is 3.67. The van der Waals surface area contributed by atoms with Crippen LogP contribution in [-0.4, -0.2) is 49.3 Å². The SMILES string of the molecule is CC/C=C\C/C=C\C/C=C\C/C=C\CCCCCCCCCCCCCCCCCCCCCCCCCCCCC(=O)OC(COC(=O)CCCCCCCCCCCCCCC)COP(=O)(O)OCCN. The molecule has 10 heteroatoms. The van der Waals surface area contributed by atoms with Gasteiger partial charge in [0.1, 0.15) is 6.61 Å². The molecule has 0 spiro atoms. The van der Waals surface area contributed by atoms with Crippen molar-refractivity contribution in [1.82, 2.24) is 0 Å². The van der Waals surface area contributed by atoms with E-state index in [1.54, 1.807) is 0 Å². The second-order valence-corrected chi connectivity index (χ2v) is 22.4. The molecule has 2 atom stereocenters. The lowest BCUT2D eigenvalue weighted by molar-refractivity contribution is -0.161. The molecule has 0 fully saturated rings. The number of carbonyl (C=O) groups excluding carboxylic acids is 2. The number of carbonyl (C=O) groups is 2. The molecule has 73 heavy (non-hydrogen) atoms. The van der Waals surface area contributed by atoms with E-state index in [1.165, 1.54) is 218 Å². The molecule has 0 aromatic heterocycles. The highest BCUT2D eigenvalue weighted by Crippen LogP contribution is 2.43. The fourth-order valence-electron chi connectivity index (χ4n) is 9.16. The van der Waals surface area contributed by atoms with Crippen molar-refractivity contribution >= 4 is 19.8 Å². The van der Waals surface area contributed by atoms with Gasteiger partial charge in [-0.2, -0.15) is 0 Å². The molecule has 3 N–H and O–H groups in total. The predicted molar refractivity (Wildman–Crippen MR) is 312 cm³/mol. The molecule has 428 valence electrons. The smallest absolute Gasteiger partial charge is 0.462 e. The topological polar surface area (TPSA) is 134 Å². The van der Waals surface area contributed by atoms with E-state index in [2.05, 4.69) is 62.5 Å². The quantitative estimate of drug-likeness (QED) is 0.0264. The molecular weight excluding hydrogens is 930 g/mol. The molecule has 0 aromatic carbocycles. The van der Waals surface area contributed by atoms with Gasteiger partial charge < -0.3 is 20.1 Å². The van der Waals surface area contributed by atoms with Gasteiger partial charge in [0.05, 0.1) is 13.2 Å². The molecule has 0 bridgehead atoms. The van der Waals surface area contributed by atoms with Crippen LogP contribution in [0.2, 0.25) is 0 Å². The zero-order valence-corrected chi connectivity index (χ0v) is 48.8.